The van der Waals surface area contributed by atoms with Crippen LogP contribution in [-0.4, -0.2) is 22.2 Å². The average Bonchev–Trinajstić information content (AvgIpc) is 2.46. The largest absolute Gasteiger partial charge is 0.481 e. The number of unbranched alkanes of at least 4 members (excludes halogenated alkanes) is 1. The topological polar surface area (TPSA) is 66.4 Å². The molecule has 0 aliphatic heterocycles. The van der Waals surface area contributed by atoms with Crippen LogP contribution in [0.1, 0.15) is 51.5 Å². The first-order valence-corrected chi connectivity index (χ1v) is 8.59. The third-order valence-electron chi connectivity index (χ3n) is 3.43. The number of amides is 1. The number of rotatable bonds is 9. The minimum absolute atomic E-state index is 0.0594. The van der Waals surface area contributed by atoms with Crippen LogP contribution in [0, 0.1) is 6.92 Å². The number of thioether (sulfide) groups is 1. The van der Waals surface area contributed by atoms with Crippen LogP contribution in [0.15, 0.2) is 23.1 Å². The maximum absolute atomic E-state index is 11.9. The van der Waals surface area contributed by atoms with Crippen LogP contribution in [0.25, 0.3) is 0 Å². The monoisotopic (exact) mass is 323 g/mol. The van der Waals surface area contributed by atoms with E-state index in [0.29, 0.717) is 24.5 Å². The Morgan fingerprint density at radius 3 is 2.55 bits per heavy atom. The first-order valence-electron chi connectivity index (χ1n) is 7.71. The van der Waals surface area contributed by atoms with Gasteiger partial charge in [-0.15, -0.1) is 11.8 Å². The molecule has 4 nitrogen and oxygen atoms in total. The summed E-state index contributed by atoms with van der Waals surface area (Å²) in [6.07, 6.45) is 2.73. The zero-order valence-corrected chi connectivity index (χ0v) is 14.3. The highest BCUT2D eigenvalue weighted by molar-refractivity contribution is 7.99. The van der Waals surface area contributed by atoms with Gasteiger partial charge < -0.3 is 10.4 Å². The summed E-state index contributed by atoms with van der Waals surface area (Å²) in [6, 6.07) is 6.07. The maximum atomic E-state index is 11.9. The predicted octanol–water partition coefficient (Wildman–Crippen LogP) is 4.47. The minimum Gasteiger partial charge on any atom is -0.481 e. The standard InChI is InChI=1S/C17H25NO3S/c1-4-13(3)22-14-9-10-15(12(2)11-14)18-16(19)7-5-6-8-17(20)21/h9-11,13H,4-8H2,1-3H3,(H,18,19)(H,20,21). The van der Waals surface area contributed by atoms with E-state index in [-0.39, 0.29) is 12.3 Å². The molecule has 0 bridgehead atoms. The highest BCUT2D eigenvalue weighted by atomic mass is 32.2. The SMILES string of the molecule is CCC(C)Sc1ccc(NC(=O)CCCCC(=O)O)c(C)c1. The van der Waals surface area contributed by atoms with Crippen LogP contribution in [0.4, 0.5) is 5.69 Å². The van der Waals surface area contributed by atoms with E-state index >= 15 is 0 Å². The number of anilines is 1. The van der Waals surface area contributed by atoms with Crippen LogP contribution in [0.5, 0.6) is 0 Å². The third kappa shape index (κ3) is 6.98. The lowest BCUT2D eigenvalue weighted by Crippen LogP contribution is -2.12. The van der Waals surface area contributed by atoms with Gasteiger partial charge in [-0.1, -0.05) is 13.8 Å². The van der Waals surface area contributed by atoms with Crippen molar-refractivity contribution in [3.05, 3.63) is 23.8 Å². The molecule has 0 heterocycles. The second-order valence-electron chi connectivity index (χ2n) is 5.46. The van der Waals surface area contributed by atoms with Gasteiger partial charge in [0.25, 0.3) is 0 Å². The fourth-order valence-electron chi connectivity index (χ4n) is 1.94. The molecule has 0 fully saturated rings. The first-order chi connectivity index (χ1) is 10.4. The van der Waals surface area contributed by atoms with Gasteiger partial charge in [-0.3, -0.25) is 9.59 Å². The molecule has 0 saturated carbocycles. The highest BCUT2D eigenvalue weighted by Crippen LogP contribution is 2.28. The number of hydrogen-bond acceptors (Lipinski definition) is 3. The van der Waals surface area contributed by atoms with Gasteiger partial charge in [-0.25, -0.2) is 0 Å². The van der Waals surface area contributed by atoms with Gasteiger partial charge >= 0.3 is 5.97 Å². The van der Waals surface area contributed by atoms with Gasteiger partial charge in [0.15, 0.2) is 0 Å². The van der Waals surface area contributed by atoms with Crippen molar-refractivity contribution >= 4 is 29.3 Å². The Balaban J connectivity index is 2.48. The van der Waals surface area contributed by atoms with Crippen LogP contribution in [-0.2, 0) is 9.59 Å². The molecular formula is C17H25NO3S. The third-order valence-corrected chi connectivity index (χ3v) is 4.69. The molecule has 1 aromatic carbocycles. The van der Waals surface area contributed by atoms with Crippen LogP contribution in [0.3, 0.4) is 0 Å². The molecule has 22 heavy (non-hydrogen) atoms. The zero-order chi connectivity index (χ0) is 16.5. The Bertz CT molecular complexity index is 517. The number of carboxylic acids is 1. The van der Waals surface area contributed by atoms with Crippen molar-refractivity contribution in [2.75, 3.05) is 5.32 Å². The van der Waals surface area contributed by atoms with E-state index in [1.807, 2.05) is 30.8 Å². The molecule has 1 atom stereocenters. The lowest BCUT2D eigenvalue weighted by molar-refractivity contribution is -0.137. The molecule has 2 N–H and O–H groups in total. The number of carboxylic acid groups (broad SMARTS) is 1. The van der Waals surface area contributed by atoms with Crippen LogP contribution in [0.2, 0.25) is 0 Å². The Labute approximate surface area is 136 Å². The predicted molar refractivity (Wildman–Crippen MR) is 91.5 cm³/mol. The summed E-state index contributed by atoms with van der Waals surface area (Å²) in [5.41, 5.74) is 1.88. The van der Waals surface area contributed by atoms with Gasteiger partial charge in [0, 0.05) is 28.7 Å². The van der Waals surface area contributed by atoms with Crippen molar-refractivity contribution in [1.82, 2.24) is 0 Å². The van der Waals surface area contributed by atoms with Crippen LogP contribution < -0.4 is 5.32 Å². The minimum atomic E-state index is -0.814. The second kappa shape index (κ2) is 9.51. The molecule has 1 aromatic rings. The van der Waals surface area contributed by atoms with Gasteiger partial charge in [-0.2, -0.15) is 0 Å². The summed E-state index contributed by atoms with van der Waals surface area (Å²) < 4.78 is 0. The lowest BCUT2D eigenvalue weighted by atomic mass is 10.1. The van der Waals surface area contributed by atoms with Crippen LogP contribution >= 0.6 is 11.8 Å². The lowest BCUT2D eigenvalue weighted by Gasteiger charge is -2.12. The Kier molecular flexibility index (Phi) is 8.02. The molecule has 5 heteroatoms. The number of hydrogen-bond donors (Lipinski definition) is 2. The van der Waals surface area contributed by atoms with E-state index in [9.17, 15) is 9.59 Å². The highest BCUT2D eigenvalue weighted by Gasteiger charge is 2.08. The molecule has 0 radical (unpaired) electrons. The smallest absolute Gasteiger partial charge is 0.303 e. The second-order valence-corrected chi connectivity index (χ2v) is 6.97. The number of carbonyl (C=O) groups excluding carboxylic acids is 1. The fourth-order valence-corrected chi connectivity index (χ4v) is 2.96. The van der Waals surface area contributed by atoms with Crippen molar-refractivity contribution in [3.8, 4) is 0 Å². The number of aryl methyl sites for hydroxylation is 1. The number of benzene rings is 1. The molecule has 1 rings (SSSR count). The summed E-state index contributed by atoms with van der Waals surface area (Å²) in [4.78, 5) is 23.5. The van der Waals surface area contributed by atoms with Crippen molar-refractivity contribution in [1.29, 1.82) is 0 Å². The summed E-state index contributed by atoms with van der Waals surface area (Å²) in [5.74, 6) is -0.874. The Morgan fingerprint density at radius 1 is 1.27 bits per heavy atom. The average molecular weight is 323 g/mol. The maximum Gasteiger partial charge on any atom is 0.303 e. The molecule has 0 aromatic heterocycles. The molecule has 122 valence electrons. The zero-order valence-electron chi connectivity index (χ0n) is 13.5. The van der Waals surface area contributed by atoms with E-state index in [4.69, 9.17) is 5.11 Å². The fraction of sp³-hybridized carbons (Fsp3) is 0.529. The number of nitrogens with one attached hydrogen (secondary N) is 1. The summed E-state index contributed by atoms with van der Waals surface area (Å²) in [7, 11) is 0. The molecular weight excluding hydrogens is 298 g/mol. The summed E-state index contributed by atoms with van der Waals surface area (Å²) >= 11 is 1.84. The summed E-state index contributed by atoms with van der Waals surface area (Å²) in [6.45, 7) is 6.36. The molecule has 0 aliphatic rings. The van der Waals surface area contributed by atoms with E-state index < -0.39 is 5.97 Å². The van der Waals surface area contributed by atoms with Gasteiger partial charge in [0.2, 0.25) is 5.91 Å². The molecule has 0 saturated heterocycles. The van der Waals surface area contributed by atoms with E-state index in [0.717, 1.165) is 17.7 Å². The van der Waals surface area contributed by atoms with E-state index in [1.165, 1.54) is 4.90 Å². The van der Waals surface area contributed by atoms with Crippen molar-refractivity contribution < 1.29 is 14.7 Å². The van der Waals surface area contributed by atoms with Gasteiger partial charge in [-0.05, 0) is 49.9 Å². The van der Waals surface area contributed by atoms with Gasteiger partial charge in [0.1, 0.15) is 0 Å². The van der Waals surface area contributed by atoms with E-state index in [2.05, 4.69) is 25.2 Å². The molecule has 1 amide bonds. The van der Waals surface area contributed by atoms with Crippen molar-refractivity contribution in [2.24, 2.45) is 0 Å². The summed E-state index contributed by atoms with van der Waals surface area (Å²) in [5, 5.41) is 12.0. The normalized spacial score (nSPS) is 12.0. The molecule has 0 spiro atoms. The van der Waals surface area contributed by atoms with Gasteiger partial charge in [0.05, 0.1) is 0 Å². The number of carbonyl (C=O) groups is 2. The molecule has 1 unspecified atom stereocenters. The van der Waals surface area contributed by atoms with Crippen molar-refractivity contribution in [2.45, 2.75) is 63.0 Å². The van der Waals surface area contributed by atoms with E-state index in [1.54, 1.807) is 0 Å². The first kappa shape index (κ1) is 18.6. The number of aliphatic carboxylic acids is 1. The van der Waals surface area contributed by atoms with Crippen molar-refractivity contribution in [3.63, 3.8) is 0 Å². The Hall–Kier alpha value is -1.49. The Morgan fingerprint density at radius 2 is 1.95 bits per heavy atom. The quantitative estimate of drug-likeness (QED) is 0.520. The molecule has 0 aliphatic carbocycles.